The van der Waals surface area contributed by atoms with Gasteiger partial charge in [0.1, 0.15) is 17.2 Å². The Morgan fingerprint density at radius 3 is 2.35 bits per heavy atom. The zero-order valence-corrected chi connectivity index (χ0v) is 15.5. The molecule has 0 radical (unpaired) electrons. The number of pyridine rings is 1. The van der Waals surface area contributed by atoms with Crippen LogP contribution in [-0.2, 0) is 0 Å². The Morgan fingerprint density at radius 2 is 1.73 bits per heavy atom. The Morgan fingerprint density at radius 1 is 1.00 bits per heavy atom. The van der Waals surface area contributed by atoms with Crippen LogP contribution in [0, 0.1) is 0 Å². The number of ether oxygens (including phenoxy) is 2. The molecule has 0 aliphatic carbocycles. The largest absolute Gasteiger partial charge is 0.497 e. The molecule has 0 spiro atoms. The molecule has 138 valence electrons. The van der Waals surface area contributed by atoms with Gasteiger partial charge in [-0.1, -0.05) is 0 Å². The molecule has 0 saturated carbocycles. The Kier molecular flexibility index (Phi) is 5.82. The number of hydrogen-bond acceptors (Lipinski definition) is 5. The molecule has 7 heteroatoms. The molecular weight excluding hydrogens is 334 g/mol. The zero-order valence-electron chi connectivity index (χ0n) is 15.5. The van der Waals surface area contributed by atoms with Crippen LogP contribution in [0.2, 0.25) is 0 Å². The first-order chi connectivity index (χ1) is 12.2. The third-order valence-corrected chi connectivity index (χ3v) is 3.40. The summed E-state index contributed by atoms with van der Waals surface area (Å²) < 4.78 is 10.4. The van der Waals surface area contributed by atoms with E-state index in [9.17, 15) is 9.59 Å². The Balaban J connectivity index is 2.20. The highest BCUT2D eigenvalue weighted by Crippen LogP contribution is 2.29. The number of nitrogens with one attached hydrogen (secondary N) is 2. The molecular formula is C19H23N3O4. The summed E-state index contributed by atoms with van der Waals surface area (Å²) in [5.41, 5.74) is 0.593. The number of benzene rings is 1. The molecule has 2 aromatic rings. The van der Waals surface area contributed by atoms with E-state index in [0.29, 0.717) is 22.7 Å². The molecule has 0 saturated heterocycles. The molecule has 2 N–H and O–H groups in total. The van der Waals surface area contributed by atoms with Crippen molar-refractivity contribution in [1.82, 2.24) is 10.3 Å². The maximum absolute atomic E-state index is 12.5. The molecule has 0 atom stereocenters. The van der Waals surface area contributed by atoms with Gasteiger partial charge in [-0.2, -0.15) is 0 Å². The Hall–Kier alpha value is -3.09. The quantitative estimate of drug-likeness (QED) is 0.859. The number of carbonyl (C=O) groups is 2. The lowest BCUT2D eigenvalue weighted by Gasteiger charge is -2.20. The van der Waals surface area contributed by atoms with Crippen molar-refractivity contribution in [1.29, 1.82) is 0 Å². The second kappa shape index (κ2) is 7.86. The van der Waals surface area contributed by atoms with Crippen molar-refractivity contribution >= 4 is 17.5 Å². The molecule has 0 unspecified atom stereocenters. The standard InChI is InChI=1S/C19H23N3O4/c1-19(2,3)22-17(23)12-8-9-20-15(10-12)18(24)21-14-7-6-13(25-4)11-16(14)26-5/h6-11H,1-5H3,(H,21,24)(H,22,23). The minimum Gasteiger partial charge on any atom is -0.497 e. The van der Waals surface area contributed by atoms with Gasteiger partial charge in [0.25, 0.3) is 11.8 Å². The van der Waals surface area contributed by atoms with Crippen molar-refractivity contribution in [2.75, 3.05) is 19.5 Å². The summed E-state index contributed by atoms with van der Waals surface area (Å²) in [6.45, 7) is 5.65. The van der Waals surface area contributed by atoms with Gasteiger partial charge in [0.05, 0.1) is 19.9 Å². The minimum absolute atomic E-state index is 0.129. The lowest BCUT2D eigenvalue weighted by molar-refractivity contribution is 0.0919. The highest BCUT2D eigenvalue weighted by Gasteiger charge is 2.18. The van der Waals surface area contributed by atoms with Crippen molar-refractivity contribution < 1.29 is 19.1 Å². The smallest absolute Gasteiger partial charge is 0.274 e. The fraction of sp³-hybridized carbons (Fsp3) is 0.316. The molecule has 26 heavy (non-hydrogen) atoms. The molecule has 0 aliphatic heterocycles. The average Bonchev–Trinajstić information content (AvgIpc) is 2.60. The third-order valence-electron chi connectivity index (χ3n) is 3.40. The topological polar surface area (TPSA) is 89.5 Å². The number of carbonyl (C=O) groups excluding carboxylic acids is 2. The summed E-state index contributed by atoms with van der Waals surface area (Å²) in [7, 11) is 3.05. The van der Waals surface area contributed by atoms with E-state index in [2.05, 4.69) is 15.6 Å². The fourth-order valence-electron chi connectivity index (χ4n) is 2.20. The summed E-state index contributed by atoms with van der Waals surface area (Å²) in [5, 5.41) is 5.58. The van der Waals surface area contributed by atoms with Gasteiger partial charge in [-0.3, -0.25) is 14.6 Å². The lowest BCUT2D eigenvalue weighted by atomic mass is 10.1. The molecule has 1 heterocycles. The number of aromatic nitrogens is 1. The van der Waals surface area contributed by atoms with Crippen LogP contribution in [0.3, 0.4) is 0 Å². The lowest BCUT2D eigenvalue weighted by Crippen LogP contribution is -2.40. The van der Waals surface area contributed by atoms with Crippen LogP contribution in [0.25, 0.3) is 0 Å². The van der Waals surface area contributed by atoms with Crippen molar-refractivity contribution in [3.8, 4) is 11.5 Å². The van der Waals surface area contributed by atoms with Crippen LogP contribution in [-0.4, -0.2) is 36.6 Å². The Labute approximate surface area is 152 Å². The van der Waals surface area contributed by atoms with Crippen molar-refractivity contribution in [3.63, 3.8) is 0 Å². The van der Waals surface area contributed by atoms with E-state index in [0.717, 1.165) is 0 Å². The van der Waals surface area contributed by atoms with Gasteiger partial charge < -0.3 is 20.1 Å². The number of methoxy groups -OCH3 is 2. The van der Waals surface area contributed by atoms with E-state index in [1.807, 2.05) is 20.8 Å². The van der Waals surface area contributed by atoms with Gasteiger partial charge >= 0.3 is 0 Å². The zero-order chi connectivity index (χ0) is 19.3. The van der Waals surface area contributed by atoms with Gasteiger partial charge in [-0.25, -0.2) is 0 Å². The number of nitrogens with zero attached hydrogens (tertiary/aromatic N) is 1. The predicted molar refractivity (Wildman–Crippen MR) is 99.0 cm³/mol. The van der Waals surface area contributed by atoms with Crippen LogP contribution in [0.1, 0.15) is 41.6 Å². The minimum atomic E-state index is -0.445. The second-order valence-corrected chi connectivity index (χ2v) is 6.65. The number of anilines is 1. The van der Waals surface area contributed by atoms with Gasteiger partial charge in [0, 0.05) is 23.4 Å². The molecule has 0 fully saturated rings. The molecule has 0 aliphatic rings. The van der Waals surface area contributed by atoms with E-state index >= 15 is 0 Å². The average molecular weight is 357 g/mol. The highest BCUT2D eigenvalue weighted by molar-refractivity contribution is 6.05. The SMILES string of the molecule is COc1ccc(NC(=O)c2cc(C(=O)NC(C)(C)C)ccn2)c(OC)c1. The molecule has 1 aromatic heterocycles. The number of rotatable bonds is 5. The molecule has 1 aromatic carbocycles. The molecule has 0 bridgehead atoms. The van der Waals surface area contributed by atoms with E-state index in [4.69, 9.17) is 9.47 Å². The van der Waals surface area contributed by atoms with Crippen LogP contribution in [0.15, 0.2) is 36.5 Å². The van der Waals surface area contributed by atoms with E-state index < -0.39 is 5.91 Å². The number of hydrogen-bond donors (Lipinski definition) is 2. The van der Waals surface area contributed by atoms with Gasteiger partial charge in [0.15, 0.2) is 0 Å². The van der Waals surface area contributed by atoms with E-state index in [-0.39, 0.29) is 17.1 Å². The summed E-state index contributed by atoms with van der Waals surface area (Å²) in [4.78, 5) is 28.8. The van der Waals surface area contributed by atoms with Crippen LogP contribution in [0.4, 0.5) is 5.69 Å². The molecule has 2 rings (SSSR count). The first-order valence-electron chi connectivity index (χ1n) is 8.05. The maximum atomic E-state index is 12.5. The Bertz CT molecular complexity index is 813. The normalized spacial score (nSPS) is 10.8. The molecule has 2 amide bonds. The van der Waals surface area contributed by atoms with Crippen LogP contribution < -0.4 is 20.1 Å². The van der Waals surface area contributed by atoms with Crippen molar-refractivity contribution in [2.24, 2.45) is 0 Å². The van der Waals surface area contributed by atoms with Crippen LogP contribution >= 0.6 is 0 Å². The van der Waals surface area contributed by atoms with Crippen LogP contribution in [0.5, 0.6) is 11.5 Å². The molecule has 7 nitrogen and oxygen atoms in total. The fourth-order valence-corrected chi connectivity index (χ4v) is 2.20. The van der Waals surface area contributed by atoms with Crippen molar-refractivity contribution in [2.45, 2.75) is 26.3 Å². The number of amides is 2. The highest BCUT2D eigenvalue weighted by atomic mass is 16.5. The van der Waals surface area contributed by atoms with Gasteiger partial charge in [-0.05, 0) is 45.0 Å². The van der Waals surface area contributed by atoms with E-state index in [1.165, 1.54) is 19.4 Å². The summed E-state index contributed by atoms with van der Waals surface area (Å²) >= 11 is 0. The third kappa shape index (κ3) is 4.95. The van der Waals surface area contributed by atoms with Crippen molar-refractivity contribution in [3.05, 3.63) is 47.8 Å². The van der Waals surface area contributed by atoms with Gasteiger partial charge in [0.2, 0.25) is 0 Å². The monoisotopic (exact) mass is 357 g/mol. The summed E-state index contributed by atoms with van der Waals surface area (Å²) in [6, 6.07) is 8.05. The first-order valence-corrected chi connectivity index (χ1v) is 8.05. The predicted octanol–water partition coefficient (Wildman–Crippen LogP) is 2.88. The first kappa shape index (κ1) is 19.2. The summed E-state index contributed by atoms with van der Waals surface area (Å²) in [5.74, 6) is 0.355. The second-order valence-electron chi connectivity index (χ2n) is 6.65. The maximum Gasteiger partial charge on any atom is 0.274 e. The summed E-state index contributed by atoms with van der Waals surface area (Å²) in [6.07, 6.45) is 1.43. The van der Waals surface area contributed by atoms with E-state index in [1.54, 1.807) is 31.4 Å². The van der Waals surface area contributed by atoms with Gasteiger partial charge in [-0.15, -0.1) is 0 Å².